The van der Waals surface area contributed by atoms with Crippen LogP contribution in [0.25, 0.3) is 0 Å². The highest BCUT2D eigenvalue weighted by Crippen LogP contribution is 2.17. The Hall–Kier alpha value is -0.0900. The van der Waals surface area contributed by atoms with Gasteiger partial charge in [0.25, 0.3) is 10.1 Å². The van der Waals surface area contributed by atoms with E-state index < -0.39 is 10.1 Å². The maximum absolute atomic E-state index is 11.9. The van der Waals surface area contributed by atoms with E-state index in [9.17, 15) is 8.42 Å². The molecule has 0 fully saturated rings. The summed E-state index contributed by atoms with van der Waals surface area (Å²) in [4.78, 5) is 0. The van der Waals surface area contributed by atoms with E-state index in [-0.39, 0.29) is 5.25 Å². The van der Waals surface area contributed by atoms with Gasteiger partial charge in [-0.25, -0.2) is 0 Å². The second-order valence-electron chi connectivity index (χ2n) is 5.26. The molecule has 0 spiro atoms. The van der Waals surface area contributed by atoms with Crippen molar-refractivity contribution >= 4 is 10.1 Å². The minimum atomic E-state index is -3.34. The zero-order chi connectivity index (χ0) is 14.6. The fourth-order valence-electron chi connectivity index (χ4n) is 2.18. The smallest absolute Gasteiger partial charge is 0.270 e. The van der Waals surface area contributed by atoms with Crippen molar-refractivity contribution in [1.29, 1.82) is 0 Å². The average Bonchev–Trinajstić information content (AvgIpc) is 2.39. The molecule has 0 aliphatic rings. The molecule has 0 aliphatic carbocycles. The molecule has 0 saturated heterocycles. The molecule has 0 N–H and O–H groups in total. The molecule has 19 heavy (non-hydrogen) atoms. The number of rotatable bonds is 13. The average molecular weight is 292 g/mol. The SMILES string of the molecule is CCCCCCCCCC(CC)S(=O)(=O)OCCC. The molecule has 0 aromatic carbocycles. The Kier molecular flexibility index (Phi) is 11.7. The van der Waals surface area contributed by atoms with Crippen molar-refractivity contribution in [3.63, 3.8) is 0 Å². The zero-order valence-corrected chi connectivity index (χ0v) is 13.8. The Morgan fingerprint density at radius 3 is 1.95 bits per heavy atom. The third-order valence-corrected chi connectivity index (χ3v) is 5.33. The summed E-state index contributed by atoms with van der Waals surface area (Å²) >= 11 is 0. The van der Waals surface area contributed by atoms with E-state index in [2.05, 4.69) is 6.92 Å². The molecule has 0 rings (SSSR count). The standard InChI is InChI=1S/C15H32O3S/c1-4-7-8-9-10-11-12-13-15(6-3)19(16,17)18-14-5-2/h15H,4-14H2,1-3H3. The summed E-state index contributed by atoms with van der Waals surface area (Å²) in [5, 5.41) is -0.310. The Morgan fingerprint density at radius 1 is 0.842 bits per heavy atom. The fraction of sp³-hybridized carbons (Fsp3) is 1.00. The lowest BCUT2D eigenvalue weighted by atomic mass is 10.1. The van der Waals surface area contributed by atoms with Gasteiger partial charge in [0.1, 0.15) is 0 Å². The van der Waals surface area contributed by atoms with E-state index in [1.165, 1.54) is 32.1 Å². The lowest BCUT2D eigenvalue weighted by Crippen LogP contribution is -2.23. The maximum Gasteiger partial charge on any atom is 0.270 e. The first-order valence-corrected chi connectivity index (χ1v) is 9.43. The van der Waals surface area contributed by atoms with Crippen molar-refractivity contribution in [3.8, 4) is 0 Å². The monoisotopic (exact) mass is 292 g/mol. The van der Waals surface area contributed by atoms with Crippen LogP contribution in [0.5, 0.6) is 0 Å². The van der Waals surface area contributed by atoms with Crippen molar-refractivity contribution < 1.29 is 12.6 Å². The molecular weight excluding hydrogens is 260 g/mol. The Labute approximate surface area is 120 Å². The first kappa shape index (κ1) is 18.9. The lowest BCUT2D eigenvalue weighted by molar-refractivity contribution is 0.308. The predicted octanol–water partition coefficient (Wildman–Crippen LogP) is 4.66. The molecule has 1 unspecified atom stereocenters. The van der Waals surface area contributed by atoms with Crippen molar-refractivity contribution in [2.75, 3.05) is 6.61 Å². The van der Waals surface area contributed by atoms with Gasteiger partial charge in [-0.05, 0) is 19.3 Å². The lowest BCUT2D eigenvalue weighted by Gasteiger charge is -2.15. The molecule has 0 radical (unpaired) electrons. The molecule has 0 heterocycles. The Balaban J connectivity index is 3.81. The normalized spacial score (nSPS) is 13.6. The molecule has 1 atom stereocenters. The van der Waals surface area contributed by atoms with Gasteiger partial charge in [0, 0.05) is 0 Å². The quantitative estimate of drug-likeness (QED) is 0.366. The molecular formula is C15H32O3S. The summed E-state index contributed by atoms with van der Waals surface area (Å²) in [5.74, 6) is 0. The molecule has 3 nitrogen and oxygen atoms in total. The van der Waals surface area contributed by atoms with Crippen molar-refractivity contribution in [1.82, 2.24) is 0 Å². The van der Waals surface area contributed by atoms with Crippen LogP contribution in [0.4, 0.5) is 0 Å². The van der Waals surface area contributed by atoms with Gasteiger partial charge < -0.3 is 0 Å². The molecule has 0 aromatic rings. The van der Waals surface area contributed by atoms with E-state index in [4.69, 9.17) is 4.18 Å². The summed E-state index contributed by atoms with van der Waals surface area (Å²) in [5.41, 5.74) is 0. The highest BCUT2D eigenvalue weighted by molar-refractivity contribution is 7.87. The van der Waals surface area contributed by atoms with Gasteiger partial charge in [0.05, 0.1) is 11.9 Å². The first-order chi connectivity index (χ1) is 9.08. The molecule has 116 valence electrons. The predicted molar refractivity (Wildman–Crippen MR) is 81.9 cm³/mol. The van der Waals surface area contributed by atoms with E-state index in [1.54, 1.807) is 0 Å². The molecule has 0 aliphatic heterocycles. The molecule has 4 heteroatoms. The third kappa shape index (κ3) is 9.44. The summed E-state index contributed by atoms with van der Waals surface area (Å²) in [7, 11) is -3.34. The van der Waals surface area contributed by atoms with Crippen LogP contribution in [-0.4, -0.2) is 20.3 Å². The van der Waals surface area contributed by atoms with Crippen molar-refractivity contribution in [2.24, 2.45) is 0 Å². The van der Waals surface area contributed by atoms with Crippen LogP contribution in [0.2, 0.25) is 0 Å². The minimum Gasteiger partial charge on any atom is -0.270 e. The van der Waals surface area contributed by atoms with Crippen LogP contribution in [0.3, 0.4) is 0 Å². The van der Waals surface area contributed by atoms with Crippen molar-refractivity contribution in [3.05, 3.63) is 0 Å². The van der Waals surface area contributed by atoms with Gasteiger partial charge in [-0.1, -0.05) is 65.7 Å². The summed E-state index contributed by atoms with van der Waals surface area (Å²) in [6.07, 6.45) is 10.7. The number of hydrogen-bond donors (Lipinski definition) is 0. The van der Waals surface area contributed by atoms with Crippen LogP contribution >= 0.6 is 0 Å². The fourth-order valence-corrected chi connectivity index (χ4v) is 3.63. The highest BCUT2D eigenvalue weighted by atomic mass is 32.2. The molecule has 0 bridgehead atoms. The van der Waals surface area contributed by atoms with E-state index >= 15 is 0 Å². The number of hydrogen-bond acceptors (Lipinski definition) is 3. The van der Waals surface area contributed by atoms with Crippen LogP contribution in [0, 0.1) is 0 Å². The van der Waals surface area contributed by atoms with E-state index in [1.807, 2.05) is 13.8 Å². The Bertz CT molecular complexity index is 286. The van der Waals surface area contributed by atoms with Gasteiger partial charge in [-0.3, -0.25) is 4.18 Å². The summed E-state index contributed by atoms with van der Waals surface area (Å²) < 4.78 is 28.8. The first-order valence-electron chi connectivity index (χ1n) is 7.96. The minimum absolute atomic E-state index is 0.310. The Morgan fingerprint density at radius 2 is 1.42 bits per heavy atom. The van der Waals surface area contributed by atoms with Crippen LogP contribution < -0.4 is 0 Å². The molecule has 0 amide bonds. The van der Waals surface area contributed by atoms with Gasteiger partial charge >= 0.3 is 0 Å². The van der Waals surface area contributed by atoms with Gasteiger partial charge in [0.2, 0.25) is 0 Å². The van der Waals surface area contributed by atoms with Crippen LogP contribution in [0.1, 0.15) is 85.0 Å². The zero-order valence-electron chi connectivity index (χ0n) is 13.0. The van der Waals surface area contributed by atoms with Crippen LogP contribution in [0.15, 0.2) is 0 Å². The highest BCUT2D eigenvalue weighted by Gasteiger charge is 2.23. The second-order valence-corrected chi connectivity index (χ2v) is 7.14. The summed E-state index contributed by atoms with van der Waals surface area (Å²) in [6, 6.07) is 0. The van der Waals surface area contributed by atoms with Gasteiger partial charge in [0.15, 0.2) is 0 Å². The largest absolute Gasteiger partial charge is 0.270 e. The van der Waals surface area contributed by atoms with Gasteiger partial charge in [-0.2, -0.15) is 8.42 Å². The topological polar surface area (TPSA) is 43.4 Å². The molecule has 0 aromatic heterocycles. The summed E-state index contributed by atoms with van der Waals surface area (Å²) in [6.45, 7) is 6.38. The van der Waals surface area contributed by atoms with Crippen molar-refractivity contribution in [2.45, 2.75) is 90.2 Å². The van der Waals surface area contributed by atoms with Gasteiger partial charge in [-0.15, -0.1) is 0 Å². The van der Waals surface area contributed by atoms with Crippen LogP contribution in [-0.2, 0) is 14.3 Å². The van der Waals surface area contributed by atoms with E-state index in [0.717, 1.165) is 25.7 Å². The third-order valence-electron chi connectivity index (χ3n) is 3.44. The molecule has 0 saturated carbocycles. The number of unbranched alkanes of at least 4 members (excludes halogenated alkanes) is 6. The van der Waals surface area contributed by atoms with E-state index in [0.29, 0.717) is 13.0 Å². The second kappa shape index (κ2) is 11.7. The maximum atomic E-state index is 11.9.